The van der Waals surface area contributed by atoms with Crippen molar-refractivity contribution >= 4 is 27.9 Å². The minimum atomic E-state index is -0.863. The minimum Gasteiger partial charge on any atom is -0.390 e. The fourth-order valence-electron chi connectivity index (χ4n) is 4.39. The van der Waals surface area contributed by atoms with Crippen molar-refractivity contribution in [2.45, 2.75) is 37.5 Å². The molecule has 1 fully saturated rings. The number of rotatable bonds is 4. The summed E-state index contributed by atoms with van der Waals surface area (Å²) in [7, 11) is 0. The van der Waals surface area contributed by atoms with Crippen molar-refractivity contribution in [3.8, 4) is 0 Å². The van der Waals surface area contributed by atoms with E-state index < -0.39 is 12.2 Å². The van der Waals surface area contributed by atoms with Gasteiger partial charge in [-0.25, -0.2) is 19.9 Å². The summed E-state index contributed by atoms with van der Waals surface area (Å²) in [5.41, 5.74) is 8.26. The maximum Gasteiger partial charge on any atom is 0.159 e. The van der Waals surface area contributed by atoms with Crippen molar-refractivity contribution in [1.82, 2.24) is 24.5 Å². The molecule has 4 aromatic heterocycles. The van der Waals surface area contributed by atoms with Crippen LogP contribution in [-0.2, 0) is 6.42 Å². The van der Waals surface area contributed by atoms with Gasteiger partial charge in [-0.05, 0) is 55.5 Å². The first-order chi connectivity index (χ1) is 14.1. The van der Waals surface area contributed by atoms with Crippen LogP contribution in [0.4, 0.5) is 5.82 Å². The van der Waals surface area contributed by atoms with E-state index in [2.05, 4.69) is 19.9 Å². The molecule has 4 heterocycles. The number of nitrogen functional groups attached to an aromatic ring is 1. The molecule has 1 aliphatic carbocycles. The predicted molar refractivity (Wildman–Crippen MR) is 109 cm³/mol. The topological polar surface area (TPSA) is 123 Å². The van der Waals surface area contributed by atoms with E-state index in [4.69, 9.17) is 5.73 Å². The lowest BCUT2D eigenvalue weighted by molar-refractivity contribution is 0.00542. The number of aryl methyl sites for hydroxylation is 1. The molecule has 29 heavy (non-hydrogen) atoms. The molecular weight excluding hydrogens is 368 g/mol. The molecule has 0 amide bonds. The number of aliphatic hydroxyl groups is 2. The Balaban J connectivity index is 1.34. The lowest BCUT2D eigenvalue weighted by Crippen LogP contribution is -2.29. The van der Waals surface area contributed by atoms with Crippen LogP contribution < -0.4 is 5.73 Å². The lowest BCUT2D eigenvalue weighted by atomic mass is 9.98. The van der Waals surface area contributed by atoms with Gasteiger partial charge in [0.1, 0.15) is 23.9 Å². The Kier molecular flexibility index (Phi) is 4.37. The number of aromatic nitrogens is 5. The van der Waals surface area contributed by atoms with Gasteiger partial charge in [0, 0.05) is 23.5 Å². The second kappa shape index (κ2) is 7.06. The number of aliphatic hydroxyl groups excluding tert-OH is 2. The molecule has 0 radical (unpaired) electrons. The first-order valence-corrected chi connectivity index (χ1v) is 9.75. The molecule has 8 nitrogen and oxygen atoms in total. The molecule has 1 aliphatic rings. The van der Waals surface area contributed by atoms with Crippen LogP contribution in [0.3, 0.4) is 0 Å². The number of fused-ring (bicyclic) bond motifs is 2. The highest BCUT2D eigenvalue weighted by Crippen LogP contribution is 2.39. The summed E-state index contributed by atoms with van der Waals surface area (Å²) < 4.78 is 1.90. The van der Waals surface area contributed by atoms with Crippen LogP contribution in [-0.4, -0.2) is 46.9 Å². The van der Waals surface area contributed by atoms with Crippen LogP contribution in [0.2, 0.25) is 0 Å². The van der Waals surface area contributed by atoms with Crippen molar-refractivity contribution in [2.75, 3.05) is 5.73 Å². The van der Waals surface area contributed by atoms with E-state index in [0.717, 1.165) is 35.0 Å². The van der Waals surface area contributed by atoms with Gasteiger partial charge in [-0.1, -0.05) is 0 Å². The number of anilines is 1. The summed E-state index contributed by atoms with van der Waals surface area (Å²) in [6.07, 6.45) is 5.46. The van der Waals surface area contributed by atoms with Gasteiger partial charge in [0.2, 0.25) is 0 Å². The van der Waals surface area contributed by atoms with E-state index in [0.29, 0.717) is 17.9 Å². The highest BCUT2D eigenvalue weighted by atomic mass is 16.3. The molecule has 5 rings (SSSR count). The van der Waals surface area contributed by atoms with Crippen LogP contribution in [0.15, 0.2) is 49.1 Å². The zero-order valence-electron chi connectivity index (χ0n) is 15.8. The van der Waals surface area contributed by atoms with Crippen LogP contribution in [0.5, 0.6) is 0 Å². The largest absolute Gasteiger partial charge is 0.390 e. The molecule has 1 saturated carbocycles. The van der Waals surface area contributed by atoms with Crippen molar-refractivity contribution in [1.29, 1.82) is 0 Å². The fourth-order valence-corrected chi connectivity index (χ4v) is 4.39. The van der Waals surface area contributed by atoms with Gasteiger partial charge in [0.05, 0.1) is 17.5 Å². The molecule has 148 valence electrons. The molecule has 8 heteroatoms. The lowest BCUT2D eigenvalue weighted by Gasteiger charge is -2.19. The third kappa shape index (κ3) is 3.10. The monoisotopic (exact) mass is 390 g/mol. The standard InChI is InChI=1S/C21H22N6O2/c22-19-15-7-9-27(21(15)25-11-24-19)16-10-13(17(28)18(16)29)4-6-14-5-3-12-2-1-8-23-20(12)26-14/h1-3,5,7-9,11,13,16-18,28-29H,4,6,10H2,(H2,22,24,25)/t13-,16+,17+,18-/m0/s1. The Hall–Kier alpha value is -3.10. The highest BCUT2D eigenvalue weighted by molar-refractivity contribution is 5.86. The van der Waals surface area contributed by atoms with Crippen LogP contribution in [0.1, 0.15) is 24.6 Å². The Labute approximate surface area is 167 Å². The third-order valence-electron chi connectivity index (χ3n) is 5.96. The molecule has 4 aromatic rings. The maximum atomic E-state index is 10.7. The number of pyridine rings is 2. The predicted octanol–water partition coefficient (Wildman–Crippen LogP) is 1.87. The quantitative estimate of drug-likeness (QED) is 0.486. The van der Waals surface area contributed by atoms with Crippen molar-refractivity contribution in [2.24, 2.45) is 5.92 Å². The second-order valence-corrected chi connectivity index (χ2v) is 7.65. The average Bonchev–Trinajstić information content (AvgIpc) is 3.29. The Morgan fingerprint density at radius 2 is 1.97 bits per heavy atom. The van der Waals surface area contributed by atoms with Crippen molar-refractivity contribution < 1.29 is 10.2 Å². The Morgan fingerprint density at radius 3 is 2.86 bits per heavy atom. The minimum absolute atomic E-state index is 0.0344. The van der Waals surface area contributed by atoms with Gasteiger partial charge >= 0.3 is 0 Å². The molecule has 0 unspecified atom stereocenters. The van der Waals surface area contributed by atoms with E-state index >= 15 is 0 Å². The average molecular weight is 390 g/mol. The van der Waals surface area contributed by atoms with Crippen LogP contribution >= 0.6 is 0 Å². The molecule has 0 saturated heterocycles. The molecule has 4 N–H and O–H groups in total. The number of nitrogens with two attached hydrogens (primary N) is 1. The zero-order valence-corrected chi connectivity index (χ0v) is 15.8. The van der Waals surface area contributed by atoms with Crippen LogP contribution in [0, 0.1) is 5.92 Å². The number of hydrogen-bond acceptors (Lipinski definition) is 7. The maximum absolute atomic E-state index is 10.7. The number of nitrogens with zero attached hydrogens (tertiary/aromatic N) is 5. The molecule has 0 aliphatic heterocycles. The van der Waals surface area contributed by atoms with E-state index in [1.165, 1.54) is 6.33 Å². The first-order valence-electron chi connectivity index (χ1n) is 9.75. The second-order valence-electron chi connectivity index (χ2n) is 7.65. The molecule has 0 spiro atoms. The normalized spacial score (nSPS) is 24.5. The van der Waals surface area contributed by atoms with E-state index in [1.807, 2.05) is 41.1 Å². The molecule has 0 aromatic carbocycles. The van der Waals surface area contributed by atoms with Crippen molar-refractivity contribution in [3.63, 3.8) is 0 Å². The van der Waals surface area contributed by atoms with Gasteiger partial charge in [-0.2, -0.15) is 0 Å². The van der Waals surface area contributed by atoms with Gasteiger partial charge in [-0.3, -0.25) is 0 Å². The summed E-state index contributed by atoms with van der Waals surface area (Å²) in [5.74, 6) is 0.377. The zero-order chi connectivity index (χ0) is 20.0. The van der Waals surface area contributed by atoms with E-state index in [1.54, 1.807) is 6.20 Å². The summed E-state index contributed by atoms with van der Waals surface area (Å²) >= 11 is 0. The highest BCUT2D eigenvalue weighted by Gasteiger charge is 2.42. The van der Waals surface area contributed by atoms with E-state index in [9.17, 15) is 10.2 Å². The summed E-state index contributed by atoms with van der Waals surface area (Å²) in [6, 6.07) is 9.49. The third-order valence-corrected chi connectivity index (χ3v) is 5.96. The first kappa shape index (κ1) is 18.0. The van der Waals surface area contributed by atoms with Crippen molar-refractivity contribution in [3.05, 3.63) is 54.7 Å². The number of hydrogen-bond donors (Lipinski definition) is 3. The Morgan fingerprint density at radius 1 is 1.07 bits per heavy atom. The van der Waals surface area contributed by atoms with Crippen LogP contribution in [0.25, 0.3) is 22.1 Å². The summed E-state index contributed by atoms with van der Waals surface area (Å²) in [5, 5.41) is 23.1. The molecule has 0 bridgehead atoms. The van der Waals surface area contributed by atoms with Gasteiger partial charge < -0.3 is 20.5 Å². The fraction of sp³-hybridized carbons (Fsp3) is 0.333. The SMILES string of the molecule is Nc1ncnc2c1ccn2[C@@H]1C[C@H](CCc2ccc3cccnc3n2)[C@@H](O)[C@H]1O. The molecular formula is C21H22N6O2. The van der Waals surface area contributed by atoms with Gasteiger partial charge in [0.25, 0.3) is 0 Å². The molecule has 4 atom stereocenters. The Bertz CT molecular complexity index is 1180. The van der Waals surface area contributed by atoms with E-state index in [-0.39, 0.29) is 12.0 Å². The smallest absolute Gasteiger partial charge is 0.159 e. The van der Waals surface area contributed by atoms with Gasteiger partial charge in [-0.15, -0.1) is 0 Å². The van der Waals surface area contributed by atoms with Gasteiger partial charge in [0.15, 0.2) is 5.65 Å². The summed E-state index contributed by atoms with van der Waals surface area (Å²) in [6.45, 7) is 0. The summed E-state index contributed by atoms with van der Waals surface area (Å²) in [4.78, 5) is 17.2.